The fraction of sp³-hybridized carbons (Fsp3) is 0.409. The fourth-order valence-electron chi connectivity index (χ4n) is 3.29. The van der Waals surface area contributed by atoms with Crippen molar-refractivity contribution in [1.29, 1.82) is 0 Å². The lowest BCUT2D eigenvalue weighted by Crippen LogP contribution is -2.36. The second kappa shape index (κ2) is 10.0. The van der Waals surface area contributed by atoms with Crippen molar-refractivity contribution in [2.24, 2.45) is 4.99 Å². The van der Waals surface area contributed by atoms with Crippen LogP contribution in [0, 0.1) is 12.7 Å². The molecular formula is C22H29FN4O2S. The van der Waals surface area contributed by atoms with Gasteiger partial charge in [0.15, 0.2) is 5.96 Å². The molecule has 0 amide bonds. The fourth-order valence-corrected chi connectivity index (χ4v) is 4.81. The van der Waals surface area contributed by atoms with E-state index in [1.807, 2.05) is 25.1 Å². The van der Waals surface area contributed by atoms with Gasteiger partial charge in [-0.25, -0.2) is 17.8 Å². The van der Waals surface area contributed by atoms with Gasteiger partial charge in [0, 0.05) is 26.2 Å². The van der Waals surface area contributed by atoms with E-state index in [0.717, 1.165) is 24.0 Å². The van der Waals surface area contributed by atoms with Crippen LogP contribution >= 0.6 is 0 Å². The summed E-state index contributed by atoms with van der Waals surface area (Å²) in [6.07, 6.45) is 1.84. The van der Waals surface area contributed by atoms with Crippen LogP contribution in [0.1, 0.15) is 36.5 Å². The number of guanidine groups is 1. The Labute approximate surface area is 178 Å². The first-order chi connectivity index (χ1) is 14.4. The molecule has 162 valence electrons. The highest BCUT2D eigenvalue weighted by Gasteiger charge is 2.26. The number of rotatable bonds is 7. The topological polar surface area (TPSA) is 73.8 Å². The highest BCUT2D eigenvalue weighted by molar-refractivity contribution is 7.89. The lowest BCUT2D eigenvalue weighted by Gasteiger charge is -2.16. The first kappa shape index (κ1) is 22.2. The summed E-state index contributed by atoms with van der Waals surface area (Å²) in [5.41, 5.74) is 2.36. The molecule has 30 heavy (non-hydrogen) atoms. The number of benzene rings is 2. The highest BCUT2D eigenvalue weighted by atomic mass is 32.2. The lowest BCUT2D eigenvalue weighted by atomic mass is 10.1. The monoisotopic (exact) mass is 432 g/mol. The molecule has 2 aromatic carbocycles. The van der Waals surface area contributed by atoms with Crippen LogP contribution in [0.3, 0.4) is 0 Å². The second-order valence-electron chi connectivity index (χ2n) is 7.39. The maximum atomic E-state index is 13.7. The van der Waals surface area contributed by atoms with E-state index < -0.39 is 10.0 Å². The second-order valence-corrected chi connectivity index (χ2v) is 9.33. The zero-order chi connectivity index (χ0) is 21.6. The van der Waals surface area contributed by atoms with Crippen LogP contribution in [0.2, 0.25) is 0 Å². The molecule has 2 aromatic rings. The van der Waals surface area contributed by atoms with E-state index in [9.17, 15) is 12.8 Å². The first-order valence-corrected chi connectivity index (χ1v) is 11.7. The molecule has 0 atom stereocenters. The van der Waals surface area contributed by atoms with Gasteiger partial charge in [-0.3, -0.25) is 0 Å². The van der Waals surface area contributed by atoms with Crippen molar-refractivity contribution in [3.63, 3.8) is 0 Å². The summed E-state index contributed by atoms with van der Waals surface area (Å²) in [6.45, 7) is 6.45. The van der Waals surface area contributed by atoms with Gasteiger partial charge in [-0.15, -0.1) is 0 Å². The van der Waals surface area contributed by atoms with Crippen molar-refractivity contribution >= 4 is 16.0 Å². The lowest BCUT2D eigenvalue weighted by molar-refractivity contribution is 0.477. The molecule has 2 N–H and O–H groups in total. The molecule has 3 rings (SSSR count). The summed E-state index contributed by atoms with van der Waals surface area (Å²) >= 11 is 0. The van der Waals surface area contributed by atoms with Gasteiger partial charge < -0.3 is 10.6 Å². The predicted molar refractivity (Wildman–Crippen MR) is 117 cm³/mol. The van der Waals surface area contributed by atoms with Gasteiger partial charge in [0.05, 0.1) is 11.4 Å². The van der Waals surface area contributed by atoms with Gasteiger partial charge in [-0.2, -0.15) is 4.31 Å². The van der Waals surface area contributed by atoms with E-state index in [1.165, 1.54) is 6.07 Å². The maximum absolute atomic E-state index is 13.7. The molecule has 1 fully saturated rings. The van der Waals surface area contributed by atoms with E-state index >= 15 is 0 Å². The Morgan fingerprint density at radius 2 is 1.73 bits per heavy atom. The van der Waals surface area contributed by atoms with Crippen molar-refractivity contribution < 1.29 is 12.8 Å². The molecule has 0 aromatic heterocycles. The van der Waals surface area contributed by atoms with Gasteiger partial charge in [0.1, 0.15) is 5.82 Å². The summed E-state index contributed by atoms with van der Waals surface area (Å²) in [6, 6.07) is 12.1. The smallest absolute Gasteiger partial charge is 0.243 e. The standard InChI is InChI=1S/C22H29FN4O2S/c1-3-24-22(26-16-19-7-6-17(2)21(23)14-19)25-15-18-8-10-20(11-9-18)30(28,29)27-12-4-5-13-27/h6-11,14H,3-5,12-13,15-16H2,1-2H3,(H2,24,25,26). The van der Waals surface area contributed by atoms with Crippen LogP contribution in [-0.2, 0) is 23.1 Å². The first-order valence-electron chi connectivity index (χ1n) is 10.3. The molecular weight excluding hydrogens is 403 g/mol. The third-order valence-corrected chi connectivity index (χ3v) is 7.00. The third-order valence-electron chi connectivity index (χ3n) is 5.09. The molecule has 0 bridgehead atoms. The van der Waals surface area contributed by atoms with E-state index in [2.05, 4.69) is 15.6 Å². The number of hydrogen-bond donors (Lipinski definition) is 2. The average molecular weight is 433 g/mol. The van der Waals surface area contributed by atoms with Gasteiger partial charge in [-0.1, -0.05) is 24.3 Å². The molecule has 1 saturated heterocycles. The number of halogens is 1. The summed E-state index contributed by atoms with van der Waals surface area (Å²) in [5.74, 6) is 0.386. The Kier molecular flexibility index (Phi) is 7.44. The number of aryl methyl sites for hydroxylation is 1. The maximum Gasteiger partial charge on any atom is 0.243 e. The van der Waals surface area contributed by atoms with Crippen LogP contribution in [0.15, 0.2) is 52.4 Å². The Bertz CT molecular complexity index is 985. The number of aliphatic imine (C=N–C) groups is 1. The number of nitrogens with one attached hydrogen (secondary N) is 2. The molecule has 0 unspecified atom stereocenters. The van der Waals surface area contributed by atoms with Crippen LogP contribution in [0.25, 0.3) is 0 Å². The molecule has 0 aliphatic carbocycles. The van der Waals surface area contributed by atoms with Gasteiger partial charge in [-0.05, 0) is 61.6 Å². The summed E-state index contributed by atoms with van der Waals surface area (Å²) in [7, 11) is -3.40. The zero-order valence-electron chi connectivity index (χ0n) is 17.5. The molecule has 0 spiro atoms. The van der Waals surface area contributed by atoms with Gasteiger partial charge >= 0.3 is 0 Å². The van der Waals surface area contributed by atoms with E-state index in [1.54, 1.807) is 29.4 Å². The Morgan fingerprint density at radius 3 is 2.37 bits per heavy atom. The highest BCUT2D eigenvalue weighted by Crippen LogP contribution is 2.21. The molecule has 1 heterocycles. The predicted octanol–water partition coefficient (Wildman–Crippen LogP) is 3.17. The molecule has 1 aliphatic rings. The van der Waals surface area contributed by atoms with Crippen LogP contribution in [0.5, 0.6) is 0 Å². The van der Waals surface area contributed by atoms with Crippen LogP contribution in [-0.4, -0.2) is 38.3 Å². The third kappa shape index (κ3) is 5.58. The number of nitrogens with zero attached hydrogens (tertiary/aromatic N) is 2. The van der Waals surface area contributed by atoms with Crippen molar-refractivity contribution in [2.75, 3.05) is 19.6 Å². The van der Waals surface area contributed by atoms with E-state index in [0.29, 0.717) is 49.1 Å². The van der Waals surface area contributed by atoms with E-state index in [4.69, 9.17) is 0 Å². The molecule has 8 heteroatoms. The summed E-state index contributed by atoms with van der Waals surface area (Å²) < 4.78 is 40.5. The largest absolute Gasteiger partial charge is 0.357 e. The minimum absolute atomic E-state index is 0.232. The van der Waals surface area contributed by atoms with Crippen molar-refractivity contribution in [1.82, 2.24) is 14.9 Å². The summed E-state index contributed by atoms with van der Waals surface area (Å²) in [5, 5.41) is 6.40. The van der Waals surface area contributed by atoms with Gasteiger partial charge in [0.2, 0.25) is 10.0 Å². The Morgan fingerprint density at radius 1 is 1.07 bits per heavy atom. The molecule has 0 saturated carbocycles. The minimum Gasteiger partial charge on any atom is -0.357 e. The minimum atomic E-state index is -3.40. The molecule has 1 aliphatic heterocycles. The molecule has 0 radical (unpaired) electrons. The van der Waals surface area contributed by atoms with Gasteiger partial charge in [0.25, 0.3) is 0 Å². The van der Waals surface area contributed by atoms with E-state index in [-0.39, 0.29) is 5.82 Å². The number of sulfonamides is 1. The van der Waals surface area contributed by atoms with Crippen molar-refractivity contribution in [3.8, 4) is 0 Å². The normalized spacial score (nSPS) is 15.4. The zero-order valence-corrected chi connectivity index (χ0v) is 18.3. The molecule has 6 nitrogen and oxygen atoms in total. The SMILES string of the molecule is CCNC(=NCc1ccc(C)c(F)c1)NCc1ccc(S(=O)(=O)N2CCCC2)cc1. The average Bonchev–Trinajstić information content (AvgIpc) is 3.29. The van der Waals surface area contributed by atoms with Crippen molar-refractivity contribution in [3.05, 3.63) is 65.0 Å². The number of hydrogen-bond acceptors (Lipinski definition) is 3. The van der Waals surface area contributed by atoms with Crippen molar-refractivity contribution in [2.45, 2.75) is 44.7 Å². The Hall–Kier alpha value is -2.45. The Balaban J connectivity index is 1.62. The van der Waals surface area contributed by atoms with Crippen LogP contribution < -0.4 is 10.6 Å². The van der Waals surface area contributed by atoms with Crippen LogP contribution in [0.4, 0.5) is 4.39 Å². The summed E-state index contributed by atoms with van der Waals surface area (Å²) in [4.78, 5) is 4.83. The quantitative estimate of drug-likeness (QED) is 0.521.